The van der Waals surface area contributed by atoms with E-state index in [1.807, 2.05) is 61.6 Å². The summed E-state index contributed by atoms with van der Waals surface area (Å²) in [4.78, 5) is 3.89. The number of anilines is 2. The van der Waals surface area contributed by atoms with Crippen molar-refractivity contribution in [3.05, 3.63) is 65.7 Å². The Kier molecular flexibility index (Phi) is 4.78. The molecule has 1 heterocycles. The number of nitriles is 1. The van der Waals surface area contributed by atoms with Gasteiger partial charge >= 0.3 is 0 Å². The van der Waals surface area contributed by atoms with Crippen LogP contribution in [0.1, 0.15) is 24.1 Å². The van der Waals surface area contributed by atoms with Crippen molar-refractivity contribution in [2.45, 2.75) is 13.0 Å². The quantitative estimate of drug-likeness (QED) is 0.458. The van der Waals surface area contributed by atoms with Gasteiger partial charge in [-0.3, -0.25) is 0 Å². The van der Waals surface area contributed by atoms with E-state index in [4.69, 9.17) is 5.26 Å². The van der Waals surface area contributed by atoms with Crippen molar-refractivity contribution in [1.82, 2.24) is 5.32 Å². The molecule has 0 spiro atoms. The van der Waals surface area contributed by atoms with Crippen molar-refractivity contribution in [3.8, 4) is 6.19 Å². The van der Waals surface area contributed by atoms with E-state index < -0.39 is 0 Å². The highest BCUT2D eigenvalue weighted by Crippen LogP contribution is 2.28. The Morgan fingerprint density at radius 1 is 1.21 bits per heavy atom. The van der Waals surface area contributed by atoms with Gasteiger partial charge in [-0.15, -0.1) is 4.99 Å². The van der Waals surface area contributed by atoms with Crippen molar-refractivity contribution >= 4 is 23.4 Å². The Labute approximate surface area is 141 Å². The van der Waals surface area contributed by atoms with Gasteiger partial charge < -0.3 is 16.0 Å². The molecule has 0 radical (unpaired) electrons. The van der Waals surface area contributed by atoms with E-state index in [0.29, 0.717) is 5.96 Å². The highest BCUT2D eigenvalue weighted by atomic mass is 15.2. The molecule has 0 saturated heterocycles. The van der Waals surface area contributed by atoms with Crippen LogP contribution in [0.5, 0.6) is 0 Å². The maximum atomic E-state index is 8.99. The van der Waals surface area contributed by atoms with Crippen LogP contribution in [-0.2, 0) is 0 Å². The minimum atomic E-state index is 0.0269. The van der Waals surface area contributed by atoms with Crippen molar-refractivity contribution in [3.63, 3.8) is 0 Å². The Morgan fingerprint density at radius 3 is 2.83 bits per heavy atom. The summed E-state index contributed by atoms with van der Waals surface area (Å²) in [6.07, 6.45) is 5.99. The van der Waals surface area contributed by atoms with Gasteiger partial charge in [0.25, 0.3) is 0 Å². The van der Waals surface area contributed by atoms with Crippen molar-refractivity contribution < 1.29 is 0 Å². The van der Waals surface area contributed by atoms with E-state index in [-0.39, 0.29) is 6.04 Å². The number of hydrogen-bond acceptors (Lipinski definition) is 3. The molecule has 24 heavy (non-hydrogen) atoms. The average Bonchev–Trinajstić information content (AvgIpc) is 2.63. The monoisotopic (exact) mass is 317 g/mol. The summed E-state index contributed by atoms with van der Waals surface area (Å²) in [6, 6.07) is 16.0. The van der Waals surface area contributed by atoms with Crippen LogP contribution < -0.4 is 16.0 Å². The molecule has 0 saturated carbocycles. The first kappa shape index (κ1) is 15.6. The van der Waals surface area contributed by atoms with Gasteiger partial charge in [0.2, 0.25) is 12.2 Å². The molecule has 3 N–H and O–H groups in total. The van der Waals surface area contributed by atoms with Crippen molar-refractivity contribution in [2.75, 3.05) is 17.2 Å². The number of nitrogens with zero attached hydrogens (tertiary/aromatic N) is 2. The second-order valence-corrected chi connectivity index (χ2v) is 5.51. The normalized spacial score (nSPS) is 14.1. The van der Waals surface area contributed by atoms with Gasteiger partial charge in [-0.25, -0.2) is 0 Å². The van der Waals surface area contributed by atoms with E-state index in [2.05, 4.69) is 33.1 Å². The first-order valence-corrected chi connectivity index (χ1v) is 7.86. The molecule has 1 aliphatic heterocycles. The molecular weight excluding hydrogens is 298 g/mol. The molecule has 0 aromatic heterocycles. The van der Waals surface area contributed by atoms with Crippen LogP contribution in [0.2, 0.25) is 0 Å². The minimum Gasteiger partial charge on any atom is -0.381 e. The minimum absolute atomic E-state index is 0.0269. The van der Waals surface area contributed by atoms with Gasteiger partial charge in [0.1, 0.15) is 0 Å². The Bertz CT molecular complexity index is 802. The van der Waals surface area contributed by atoms with Gasteiger partial charge in [0, 0.05) is 17.8 Å². The van der Waals surface area contributed by atoms with Crippen molar-refractivity contribution in [1.29, 1.82) is 5.26 Å². The van der Waals surface area contributed by atoms with E-state index in [0.717, 1.165) is 29.0 Å². The number of nitrogens with one attached hydrogen (secondary N) is 3. The first-order valence-electron chi connectivity index (χ1n) is 7.86. The molecule has 0 bridgehead atoms. The Morgan fingerprint density at radius 2 is 2.04 bits per heavy atom. The molecule has 120 valence electrons. The number of guanidine groups is 1. The second-order valence-electron chi connectivity index (χ2n) is 5.51. The van der Waals surface area contributed by atoms with E-state index >= 15 is 0 Å². The number of benzene rings is 2. The first-order chi connectivity index (χ1) is 11.8. The largest absolute Gasteiger partial charge is 0.381 e. The predicted molar refractivity (Wildman–Crippen MR) is 98.6 cm³/mol. The lowest BCUT2D eigenvalue weighted by atomic mass is 10.1. The summed E-state index contributed by atoms with van der Waals surface area (Å²) in [5, 5.41) is 18.8. The molecule has 0 aliphatic carbocycles. The number of aliphatic imine (C=N–C) groups is 1. The van der Waals surface area contributed by atoms with Gasteiger partial charge in [0.05, 0.1) is 11.7 Å². The van der Waals surface area contributed by atoms with Gasteiger partial charge in [-0.05, 0) is 24.6 Å². The van der Waals surface area contributed by atoms with Crippen LogP contribution in [0.15, 0.2) is 59.6 Å². The van der Waals surface area contributed by atoms with Gasteiger partial charge in [-0.1, -0.05) is 48.6 Å². The smallest absolute Gasteiger partial charge is 0.212 e. The highest BCUT2D eigenvalue weighted by molar-refractivity contribution is 5.98. The topological polar surface area (TPSA) is 72.2 Å². The second kappa shape index (κ2) is 7.34. The lowest BCUT2D eigenvalue weighted by Crippen LogP contribution is -2.33. The molecular formula is C19H19N5. The molecule has 5 heteroatoms. The molecule has 3 rings (SSSR count). The van der Waals surface area contributed by atoms with Crippen molar-refractivity contribution in [2.24, 2.45) is 4.99 Å². The lowest BCUT2D eigenvalue weighted by molar-refractivity contribution is 0.715. The average molecular weight is 317 g/mol. The SMILES string of the molecule is CC(N/C(=N/C#N)Nc1cccc2c1C=CCN2)c1ccccc1. The number of fused-ring (bicyclic) bond motifs is 1. The summed E-state index contributed by atoms with van der Waals surface area (Å²) >= 11 is 0. The summed E-state index contributed by atoms with van der Waals surface area (Å²) < 4.78 is 0. The summed E-state index contributed by atoms with van der Waals surface area (Å²) in [5.74, 6) is 0.432. The van der Waals surface area contributed by atoms with Crippen LogP contribution >= 0.6 is 0 Å². The van der Waals surface area contributed by atoms with Crippen LogP contribution in [0.4, 0.5) is 11.4 Å². The fourth-order valence-corrected chi connectivity index (χ4v) is 2.66. The zero-order chi connectivity index (χ0) is 16.8. The van der Waals surface area contributed by atoms with E-state index in [9.17, 15) is 0 Å². The molecule has 1 unspecified atom stereocenters. The van der Waals surface area contributed by atoms with Crippen LogP contribution in [-0.4, -0.2) is 12.5 Å². The molecule has 5 nitrogen and oxygen atoms in total. The molecule has 2 aromatic rings. The predicted octanol–water partition coefficient (Wildman–Crippen LogP) is 3.73. The number of rotatable bonds is 3. The molecule has 0 fully saturated rings. The standard InChI is InChI=1S/C19H19N5/c1-14(15-7-3-2-4-8-15)23-19(22-13-20)24-18-11-5-10-17-16(18)9-6-12-21-17/h2-11,14,21H,12H2,1H3,(H2,22,23,24). The van der Waals surface area contributed by atoms with Crippen LogP contribution in [0.3, 0.4) is 0 Å². The Hall–Kier alpha value is -3.26. The lowest BCUT2D eigenvalue weighted by Gasteiger charge is -2.21. The highest BCUT2D eigenvalue weighted by Gasteiger charge is 2.12. The van der Waals surface area contributed by atoms with Gasteiger partial charge in [0.15, 0.2) is 0 Å². The summed E-state index contributed by atoms with van der Waals surface area (Å²) in [6.45, 7) is 2.85. The molecule has 0 amide bonds. The van der Waals surface area contributed by atoms with E-state index in [1.165, 1.54) is 0 Å². The zero-order valence-corrected chi connectivity index (χ0v) is 13.5. The third kappa shape index (κ3) is 3.55. The molecule has 2 aromatic carbocycles. The van der Waals surface area contributed by atoms with Crippen LogP contribution in [0.25, 0.3) is 6.08 Å². The third-order valence-corrected chi connectivity index (χ3v) is 3.87. The van der Waals surface area contributed by atoms with E-state index in [1.54, 1.807) is 0 Å². The fourth-order valence-electron chi connectivity index (χ4n) is 2.66. The van der Waals surface area contributed by atoms with Crippen LogP contribution in [0, 0.1) is 11.5 Å². The summed E-state index contributed by atoms with van der Waals surface area (Å²) in [5.41, 5.74) is 4.15. The Balaban J connectivity index is 1.80. The molecule has 1 aliphatic rings. The zero-order valence-electron chi connectivity index (χ0n) is 13.5. The number of hydrogen-bond donors (Lipinski definition) is 3. The maximum absolute atomic E-state index is 8.99. The molecule has 1 atom stereocenters. The fraction of sp³-hybridized carbons (Fsp3) is 0.158. The maximum Gasteiger partial charge on any atom is 0.212 e. The third-order valence-electron chi connectivity index (χ3n) is 3.87. The summed E-state index contributed by atoms with van der Waals surface area (Å²) in [7, 11) is 0. The van der Waals surface area contributed by atoms with Gasteiger partial charge in [-0.2, -0.15) is 5.26 Å².